The Morgan fingerprint density at radius 2 is 1.74 bits per heavy atom. The summed E-state index contributed by atoms with van der Waals surface area (Å²) in [6.45, 7) is 9.57. The number of anilines is 1. The highest BCUT2D eigenvalue weighted by molar-refractivity contribution is 5.55. The van der Waals surface area contributed by atoms with E-state index in [2.05, 4.69) is 33.8 Å². The van der Waals surface area contributed by atoms with E-state index in [9.17, 15) is 0 Å². The van der Waals surface area contributed by atoms with E-state index in [4.69, 9.17) is 10.5 Å². The van der Waals surface area contributed by atoms with E-state index in [1.807, 2.05) is 12.1 Å². The minimum Gasteiger partial charge on any atom is -0.491 e. The van der Waals surface area contributed by atoms with Crippen LogP contribution < -0.4 is 10.5 Å². The smallest absolute Gasteiger partial charge is 0.142 e. The van der Waals surface area contributed by atoms with Crippen LogP contribution in [0.3, 0.4) is 0 Å². The molecule has 108 valence electrons. The minimum atomic E-state index is 0.132. The summed E-state index contributed by atoms with van der Waals surface area (Å²) in [5.41, 5.74) is 8.19. The molecule has 0 saturated carbocycles. The number of nitrogen functional groups attached to an aromatic ring is 1. The van der Waals surface area contributed by atoms with Crippen molar-refractivity contribution >= 4 is 5.69 Å². The fraction of sp³-hybridized carbons (Fsp3) is 0.647. The zero-order valence-corrected chi connectivity index (χ0v) is 13.0. The third-order valence-corrected chi connectivity index (χ3v) is 3.38. The molecule has 0 amide bonds. The monoisotopic (exact) mass is 263 g/mol. The van der Waals surface area contributed by atoms with E-state index in [1.54, 1.807) is 0 Å². The largest absolute Gasteiger partial charge is 0.491 e. The second-order valence-electron chi connectivity index (χ2n) is 6.27. The van der Waals surface area contributed by atoms with Crippen LogP contribution in [0.1, 0.15) is 65.4 Å². The molecule has 1 rings (SSSR count). The molecule has 0 bridgehead atoms. The average molecular weight is 263 g/mol. The van der Waals surface area contributed by atoms with E-state index in [1.165, 1.54) is 31.2 Å². The van der Waals surface area contributed by atoms with Crippen LogP contribution in [0.25, 0.3) is 0 Å². The summed E-state index contributed by atoms with van der Waals surface area (Å²) in [6.07, 6.45) is 6.26. The van der Waals surface area contributed by atoms with Crippen LogP contribution in [-0.4, -0.2) is 6.61 Å². The fourth-order valence-electron chi connectivity index (χ4n) is 2.03. The highest BCUT2D eigenvalue weighted by Gasteiger charge is 2.14. The van der Waals surface area contributed by atoms with Gasteiger partial charge < -0.3 is 10.5 Å². The maximum Gasteiger partial charge on any atom is 0.142 e. The number of ether oxygens (including phenoxy) is 1. The predicted octanol–water partition coefficient (Wildman–Crippen LogP) is 4.92. The summed E-state index contributed by atoms with van der Waals surface area (Å²) < 4.78 is 5.76. The molecule has 2 heteroatoms. The molecular weight excluding hydrogens is 234 g/mol. The van der Waals surface area contributed by atoms with E-state index >= 15 is 0 Å². The second-order valence-corrected chi connectivity index (χ2v) is 6.27. The summed E-state index contributed by atoms with van der Waals surface area (Å²) in [7, 11) is 0. The van der Waals surface area contributed by atoms with Crippen LogP contribution in [0.4, 0.5) is 5.69 Å². The third-order valence-electron chi connectivity index (χ3n) is 3.38. The van der Waals surface area contributed by atoms with Crippen molar-refractivity contribution in [3.63, 3.8) is 0 Å². The molecule has 0 radical (unpaired) electrons. The van der Waals surface area contributed by atoms with Gasteiger partial charge in [0, 0.05) is 0 Å². The van der Waals surface area contributed by atoms with Crippen LogP contribution in [-0.2, 0) is 5.41 Å². The van der Waals surface area contributed by atoms with Gasteiger partial charge in [-0.05, 0) is 29.5 Å². The van der Waals surface area contributed by atoms with E-state index in [0.717, 1.165) is 24.5 Å². The fourth-order valence-corrected chi connectivity index (χ4v) is 2.03. The van der Waals surface area contributed by atoms with Gasteiger partial charge in [-0.15, -0.1) is 0 Å². The van der Waals surface area contributed by atoms with Gasteiger partial charge >= 0.3 is 0 Å². The molecule has 0 fully saturated rings. The zero-order valence-electron chi connectivity index (χ0n) is 13.0. The number of benzene rings is 1. The first kappa shape index (κ1) is 15.9. The number of nitrogens with two attached hydrogens (primary N) is 1. The lowest BCUT2D eigenvalue weighted by Crippen LogP contribution is -2.11. The van der Waals surface area contributed by atoms with Crippen molar-refractivity contribution in [2.24, 2.45) is 0 Å². The van der Waals surface area contributed by atoms with Crippen molar-refractivity contribution in [3.8, 4) is 5.75 Å². The van der Waals surface area contributed by atoms with Crippen LogP contribution in [0.2, 0.25) is 0 Å². The van der Waals surface area contributed by atoms with E-state index in [-0.39, 0.29) is 5.41 Å². The first-order valence-corrected chi connectivity index (χ1v) is 7.48. The summed E-state index contributed by atoms with van der Waals surface area (Å²) in [5, 5.41) is 0. The Bertz CT molecular complexity index is 379. The van der Waals surface area contributed by atoms with Crippen LogP contribution in [0.5, 0.6) is 5.75 Å². The van der Waals surface area contributed by atoms with Gasteiger partial charge in [-0.1, -0.05) is 59.4 Å². The highest BCUT2D eigenvalue weighted by Crippen LogP contribution is 2.29. The van der Waals surface area contributed by atoms with Gasteiger partial charge in [0.1, 0.15) is 5.75 Å². The molecule has 0 aromatic heterocycles. The molecule has 0 aliphatic carbocycles. The van der Waals surface area contributed by atoms with Gasteiger partial charge in [0.15, 0.2) is 0 Å². The standard InChI is InChI=1S/C17H29NO/c1-5-6-7-8-9-12-19-16-11-10-14(13-15(16)18)17(2,3)4/h10-11,13H,5-9,12,18H2,1-4H3. The Morgan fingerprint density at radius 3 is 2.32 bits per heavy atom. The molecule has 0 aliphatic heterocycles. The van der Waals surface area contributed by atoms with Gasteiger partial charge in [-0.25, -0.2) is 0 Å². The SMILES string of the molecule is CCCCCCCOc1ccc(C(C)(C)C)cc1N. The molecule has 0 saturated heterocycles. The topological polar surface area (TPSA) is 35.2 Å². The second kappa shape index (κ2) is 7.42. The molecule has 0 unspecified atom stereocenters. The normalized spacial score (nSPS) is 11.6. The van der Waals surface area contributed by atoms with Crippen molar-refractivity contribution in [2.45, 2.75) is 65.2 Å². The number of unbranched alkanes of at least 4 members (excludes halogenated alkanes) is 4. The molecule has 2 N–H and O–H groups in total. The molecule has 0 atom stereocenters. The molecule has 2 nitrogen and oxygen atoms in total. The summed E-state index contributed by atoms with van der Waals surface area (Å²) >= 11 is 0. The van der Waals surface area contributed by atoms with Crippen molar-refractivity contribution in [1.82, 2.24) is 0 Å². The Balaban J connectivity index is 2.43. The quantitative estimate of drug-likeness (QED) is 0.560. The molecule has 1 aromatic rings. The first-order chi connectivity index (χ1) is 8.95. The van der Waals surface area contributed by atoms with E-state index < -0.39 is 0 Å². The molecular formula is C17H29NO. The van der Waals surface area contributed by atoms with Gasteiger partial charge in [0.05, 0.1) is 12.3 Å². The predicted molar refractivity (Wildman–Crippen MR) is 83.8 cm³/mol. The van der Waals surface area contributed by atoms with Crippen molar-refractivity contribution < 1.29 is 4.74 Å². The highest BCUT2D eigenvalue weighted by atomic mass is 16.5. The first-order valence-electron chi connectivity index (χ1n) is 7.48. The van der Waals surface area contributed by atoms with Crippen molar-refractivity contribution in [3.05, 3.63) is 23.8 Å². The molecule has 0 spiro atoms. The lowest BCUT2D eigenvalue weighted by atomic mass is 9.87. The van der Waals surface area contributed by atoms with Gasteiger partial charge in [-0.2, -0.15) is 0 Å². The lowest BCUT2D eigenvalue weighted by Gasteiger charge is -2.20. The summed E-state index contributed by atoms with van der Waals surface area (Å²) in [6, 6.07) is 6.15. The molecule has 1 aromatic carbocycles. The zero-order chi connectivity index (χ0) is 14.3. The molecule has 0 heterocycles. The minimum absolute atomic E-state index is 0.132. The Hall–Kier alpha value is -1.18. The number of hydrogen-bond donors (Lipinski definition) is 1. The Morgan fingerprint density at radius 1 is 1.05 bits per heavy atom. The van der Waals surface area contributed by atoms with Gasteiger partial charge in [0.2, 0.25) is 0 Å². The maximum absolute atomic E-state index is 6.06. The third kappa shape index (κ3) is 5.54. The molecule has 0 aliphatic rings. The van der Waals surface area contributed by atoms with Crippen molar-refractivity contribution in [1.29, 1.82) is 0 Å². The lowest BCUT2D eigenvalue weighted by molar-refractivity contribution is 0.306. The molecule has 19 heavy (non-hydrogen) atoms. The maximum atomic E-state index is 6.06. The van der Waals surface area contributed by atoms with Crippen LogP contribution >= 0.6 is 0 Å². The number of hydrogen-bond acceptors (Lipinski definition) is 2. The summed E-state index contributed by atoms with van der Waals surface area (Å²) in [4.78, 5) is 0. The van der Waals surface area contributed by atoms with Gasteiger partial charge in [-0.3, -0.25) is 0 Å². The van der Waals surface area contributed by atoms with Gasteiger partial charge in [0.25, 0.3) is 0 Å². The Kier molecular flexibility index (Phi) is 6.20. The van der Waals surface area contributed by atoms with E-state index in [0.29, 0.717) is 0 Å². The van der Waals surface area contributed by atoms with Crippen LogP contribution in [0, 0.1) is 0 Å². The van der Waals surface area contributed by atoms with Crippen LogP contribution in [0.15, 0.2) is 18.2 Å². The van der Waals surface area contributed by atoms with Crippen molar-refractivity contribution in [2.75, 3.05) is 12.3 Å². The Labute approximate surface area is 118 Å². The number of rotatable bonds is 7. The summed E-state index contributed by atoms with van der Waals surface area (Å²) in [5.74, 6) is 0.823. The average Bonchev–Trinajstić information content (AvgIpc) is 2.34.